The second-order valence-corrected chi connectivity index (χ2v) is 5.26. The third kappa shape index (κ3) is 7.81. The van der Waals surface area contributed by atoms with Gasteiger partial charge >= 0.3 is 0 Å². The smallest absolute Gasteiger partial charge is 0.273 e. The van der Waals surface area contributed by atoms with E-state index in [0.717, 1.165) is 13.0 Å². The van der Waals surface area contributed by atoms with Gasteiger partial charge < -0.3 is 5.32 Å². The zero-order valence-corrected chi connectivity index (χ0v) is 12.3. The molecule has 1 amide bonds. The summed E-state index contributed by atoms with van der Waals surface area (Å²) >= 11 is 0. The molecule has 108 valence electrons. The Bertz CT molecular complexity index is 308. The molecule has 1 aliphatic heterocycles. The third-order valence-electron chi connectivity index (χ3n) is 3.48. The van der Waals surface area contributed by atoms with Crippen LogP contribution in [0.25, 0.3) is 0 Å². The highest BCUT2D eigenvalue weighted by molar-refractivity contribution is 6.45. The molecule has 0 spiro atoms. The zero-order chi connectivity index (χ0) is 13.8. The van der Waals surface area contributed by atoms with Gasteiger partial charge in [-0.2, -0.15) is 0 Å². The standard InChI is InChI=1S/C16H28N2O/c1-2-3-4-5-6-7-8-9-10-11-13-17-15-12-14-18-16(15)19/h12,14H,2-11,13H2,1H3,(H,17,18,19). The molecular formula is C16H28N2O. The van der Waals surface area contributed by atoms with Crippen LogP contribution in [0.5, 0.6) is 0 Å². The van der Waals surface area contributed by atoms with Gasteiger partial charge in [0.2, 0.25) is 0 Å². The summed E-state index contributed by atoms with van der Waals surface area (Å²) in [5, 5.41) is 2.61. The topological polar surface area (TPSA) is 41.5 Å². The van der Waals surface area contributed by atoms with Gasteiger partial charge in [0.25, 0.3) is 5.91 Å². The van der Waals surface area contributed by atoms with Gasteiger partial charge in [-0.05, 0) is 12.5 Å². The molecule has 0 aromatic carbocycles. The van der Waals surface area contributed by atoms with Gasteiger partial charge in [0, 0.05) is 12.7 Å². The van der Waals surface area contributed by atoms with Gasteiger partial charge in [-0.25, -0.2) is 0 Å². The van der Waals surface area contributed by atoms with Crippen LogP contribution < -0.4 is 5.32 Å². The van der Waals surface area contributed by atoms with Gasteiger partial charge in [0.05, 0.1) is 0 Å². The van der Waals surface area contributed by atoms with Crippen molar-refractivity contribution in [1.29, 1.82) is 0 Å². The fourth-order valence-electron chi connectivity index (χ4n) is 2.27. The van der Waals surface area contributed by atoms with Crippen molar-refractivity contribution in [2.45, 2.75) is 71.1 Å². The number of unbranched alkanes of at least 4 members (excludes halogenated alkanes) is 9. The Morgan fingerprint density at radius 1 is 0.947 bits per heavy atom. The molecule has 0 saturated carbocycles. The number of rotatable bonds is 11. The Balaban J connectivity index is 1.84. The number of aliphatic imine (C=N–C) groups is 1. The molecule has 0 bridgehead atoms. The normalized spacial score (nSPS) is 16.3. The van der Waals surface area contributed by atoms with Crippen molar-refractivity contribution in [3.8, 4) is 0 Å². The Labute approximate surface area is 117 Å². The van der Waals surface area contributed by atoms with E-state index in [9.17, 15) is 4.79 Å². The lowest BCUT2D eigenvalue weighted by atomic mass is 10.1. The molecule has 3 nitrogen and oxygen atoms in total. The molecule has 1 N–H and O–H groups in total. The van der Waals surface area contributed by atoms with Crippen LogP contribution in [0.2, 0.25) is 0 Å². The number of nitrogens with zero attached hydrogens (tertiary/aromatic N) is 1. The van der Waals surface area contributed by atoms with E-state index in [4.69, 9.17) is 0 Å². The minimum absolute atomic E-state index is 0.0629. The van der Waals surface area contributed by atoms with Gasteiger partial charge in [-0.15, -0.1) is 0 Å². The molecule has 0 unspecified atom stereocenters. The van der Waals surface area contributed by atoms with Crippen LogP contribution in [0.3, 0.4) is 0 Å². The summed E-state index contributed by atoms with van der Waals surface area (Å²) in [6.45, 7) is 3.04. The van der Waals surface area contributed by atoms with E-state index < -0.39 is 0 Å². The second kappa shape index (κ2) is 10.8. The van der Waals surface area contributed by atoms with E-state index in [0.29, 0.717) is 5.71 Å². The van der Waals surface area contributed by atoms with Crippen LogP contribution in [-0.4, -0.2) is 18.2 Å². The molecule has 0 radical (unpaired) electrons. The fraction of sp³-hybridized carbons (Fsp3) is 0.750. The Kier molecular flexibility index (Phi) is 9.03. The molecule has 0 aromatic heterocycles. The van der Waals surface area contributed by atoms with E-state index in [1.165, 1.54) is 57.8 Å². The van der Waals surface area contributed by atoms with Crippen molar-refractivity contribution in [3.05, 3.63) is 12.3 Å². The van der Waals surface area contributed by atoms with Gasteiger partial charge in [-0.1, -0.05) is 64.7 Å². The number of hydrogen-bond acceptors (Lipinski definition) is 2. The molecule has 0 atom stereocenters. The molecule has 1 heterocycles. The maximum absolute atomic E-state index is 11.2. The van der Waals surface area contributed by atoms with Crippen molar-refractivity contribution in [3.63, 3.8) is 0 Å². The largest absolute Gasteiger partial charge is 0.327 e. The predicted molar refractivity (Wildman–Crippen MR) is 81.4 cm³/mol. The highest BCUT2D eigenvalue weighted by atomic mass is 16.2. The summed E-state index contributed by atoms with van der Waals surface area (Å²) in [7, 11) is 0. The Morgan fingerprint density at radius 2 is 1.53 bits per heavy atom. The maximum Gasteiger partial charge on any atom is 0.273 e. The molecule has 1 rings (SSSR count). The van der Waals surface area contributed by atoms with Crippen LogP contribution in [0.4, 0.5) is 0 Å². The van der Waals surface area contributed by atoms with Gasteiger partial charge in [0.1, 0.15) is 5.71 Å². The fourth-order valence-corrected chi connectivity index (χ4v) is 2.27. The number of carbonyl (C=O) groups is 1. The molecule has 0 aromatic rings. The lowest BCUT2D eigenvalue weighted by Gasteiger charge is -2.01. The highest BCUT2D eigenvalue weighted by Crippen LogP contribution is 2.10. The first-order valence-electron chi connectivity index (χ1n) is 7.86. The van der Waals surface area contributed by atoms with Crippen LogP contribution in [0, 0.1) is 0 Å². The Morgan fingerprint density at radius 3 is 2.05 bits per heavy atom. The molecule has 0 aliphatic carbocycles. The molecule has 0 saturated heterocycles. The number of hydrogen-bond donors (Lipinski definition) is 1. The van der Waals surface area contributed by atoms with E-state index >= 15 is 0 Å². The summed E-state index contributed by atoms with van der Waals surface area (Å²) in [4.78, 5) is 15.5. The van der Waals surface area contributed by atoms with Crippen LogP contribution >= 0.6 is 0 Å². The molecule has 3 heteroatoms. The number of amides is 1. The molecule has 1 aliphatic rings. The SMILES string of the molecule is CCCCCCCCCCCCN=C1C=CNC1=O. The van der Waals surface area contributed by atoms with Crippen molar-refractivity contribution in [2.75, 3.05) is 6.54 Å². The summed E-state index contributed by atoms with van der Waals surface area (Å²) < 4.78 is 0. The lowest BCUT2D eigenvalue weighted by molar-refractivity contribution is -0.113. The zero-order valence-electron chi connectivity index (χ0n) is 12.3. The predicted octanol–water partition coefficient (Wildman–Crippen LogP) is 3.99. The number of carbonyl (C=O) groups excluding carboxylic acids is 1. The van der Waals surface area contributed by atoms with Crippen molar-refractivity contribution < 1.29 is 4.79 Å². The van der Waals surface area contributed by atoms with Crippen molar-refractivity contribution in [2.24, 2.45) is 4.99 Å². The maximum atomic E-state index is 11.2. The van der Waals surface area contributed by atoms with Crippen LogP contribution in [0.15, 0.2) is 17.3 Å². The minimum Gasteiger partial charge on any atom is -0.327 e. The average Bonchev–Trinajstić information content (AvgIpc) is 2.82. The first-order chi connectivity index (χ1) is 9.34. The molecular weight excluding hydrogens is 236 g/mol. The van der Waals surface area contributed by atoms with Crippen LogP contribution in [-0.2, 0) is 4.79 Å². The summed E-state index contributed by atoms with van der Waals surface area (Å²) in [5.74, 6) is -0.0629. The number of nitrogens with one attached hydrogen (secondary N) is 1. The third-order valence-corrected chi connectivity index (χ3v) is 3.48. The summed E-state index contributed by atoms with van der Waals surface area (Å²) in [6.07, 6.45) is 16.7. The minimum atomic E-state index is -0.0629. The molecule has 0 fully saturated rings. The second-order valence-electron chi connectivity index (χ2n) is 5.26. The van der Waals surface area contributed by atoms with E-state index in [-0.39, 0.29) is 5.91 Å². The van der Waals surface area contributed by atoms with E-state index in [1.54, 1.807) is 12.3 Å². The highest BCUT2D eigenvalue weighted by Gasteiger charge is 2.10. The molecule has 19 heavy (non-hydrogen) atoms. The van der Waals surface area contributed by atoms with Gasteiger partial charge in [0.15, 0.2) is 0 Å². The van der Waals surface area contributed by atoms with Crippen LogP contribution in [0.1, 0.15) is 71.1 Å². The van der Waals surface area contributed by atoms with Gasteiger partial charge in [-0.3, -0.25) is 9.79 Å². The lowest BCUT2D eigenvalue weighted by Crippen LogP contribution is -2.18. The monoisotopic (exact) mass is 264 g/mol. The average molecular weight is 264 g/mol. The summed E-state index contributed by atoms with van der Waals surface area (Å²) in [6, 6.07) is 0. The quantitative estimate of drug-likeness (QED) is 0.563. The van der Waals surface area contributed by atoms with E-state index in [1.807, 2.05) is 0 Å². The first kappa shape index (κ1) is 15.9. The van der Waals surface area contributed by atoms with Crippen molar-refractivity contribution in [1.82, 2.24) is 5.32 Å². The Hall–Kier alpha value is -1.12. The summed E-state index contributed by atoms with van der Waals surface area (Å²) in [5.41, 5.74) is 0.580. The van der Waals surface area contributed by atoms with Crippen molar-refractivity contribution >= 4 is 11.6 Å². The van der Waals surface area contributed by atoms with E-state index in [2.05, 4.69) is 17.2 Å². The first-order valence-corrected chi connectivity index (χ1v) is 7.86.